The van der Waals surface area contributed by atoms with Gasteiger partial charge in [-0.3, -0.25) is 4.79 Å². The highest BCUT2D eigenvalue weighted by molar-refractivity contribution is 5.90. The van der Waals surface area contributed by atoms with E-state index >= 15 is 0 Å². The van der Waals surface area contributed by atoms with Crippen molar-refractivity contribution in [3.8, 4) is 5.75 Å². The van der Waals surface area contributed by atoms with Crippen molar-refractivity contribution >= 4 is 17.6 Å². The van der Waals surface area contributed by atoms with Crippen molar-refractivity contribution < 1.29 is 23.8 Å². The number of carbonyl (C=O) groups excluding carboxylic acids is 2. The van der Waals surface area contributed by atoms with E-state index in [9.17, 15) is 9.59 Å². The molecule has 6 nitrogen and oxygen atoms in total. The predicted octanol–water partition coefficient (Wildman–Crippen LogP) is 1.60. The van der Waals surface area contributed by atoms with Crippen molar-refractivity contribution in [3.63, 3.8) is 0 Å². The summed E-state index contributed by atoms with van der Waals surface area (Å²) < 4.78 is 14.6. The zero-order valence-corrected chi connectivity index (χ0v) is 11.7. The zero-order chi connectivity index (χ0) is 14.8. The number of anilines is 1. The molecule has 20 heavy (non-hydrogen) atoms. The Hall–Kier alpha value is -2.08. The van der Waals surface area contributed by atoms with E-state index in [2.05, 4.69) is 10.1 Å². The number of hydrogen-bond acceptors (Lipinski definition) is 5. The Balaban J connectivity index is 2.46. The summed E-state index contributed by atoms with van der Waals surface area (Å²) >= 11 is 0. The van der Waals surface area contributed by atoms with E-state index in [1.54, 1.807) is 31.4 Å². The Bertz CT molecular complexity index is 447. The summed E-state index contributed by atoms with van der Waals surface area (Å²) in [5, 5.41) is 2.75. The first-order valence-electron chi connectivity index (χ1n) is 6.24. The van der Waals surface area contributed by atoms with E-state index in [1.165, 1.54) is 7.11 Å². The number of methoxy groups -OCH3 is 2. The molecule has 1 aromatic carbocycles. The molecule has 0 radical (unpaired) electrons. The molecular weight excluding hydrogens is 262 g/mol. The molecule has 0 aliphatic carbocycles. The van der Waals surface area contributed by atoms with Crippen LogP contribution in [0, 0.1) is 0 Å². The Morgan fingerprint density at radius 3 is 2.75 bits per heavy atom. The number of hydrogen-bond donors (Lipinski definition) is 1. The van der Waals surface area contributed by atoms with Crippen LogP contribution in [0.25, 0.3) is 0 Å². The highest BCUT2D eigenvalue weighted by Gasteiger charge is 2.05. The van der Waals surface area contributed by atoms with Gasteiger partial charge in [-0.2, -0.15) is 0 Å². The molecule has 1 aromatic rings. The molecule has 0 aromatic heterocycles. The Labute approximate surface area is 118 Å². The highest BCUT2D eigenvalue weighted by Crippen LogP contribution is 2.17. The molecule has 0 saturated carbocycles. The lowest BCUT2D eigenvalue weighted by Gasteiger charge is -2.08. The number of amides is 1. The molecular formula is C14H19NO5. The lowest BCUT2D eigenvalue weighted by atomic mass is 10.2. The normalized spacial score (nSPS) is 9.90. The van der Waals surface area contributed by atoms with Gasteiger partial charge in [-0.25, -0.2) is 4.79 Å². The van der Waals surface area contributed by atoms with Gasteiger partial charge in [0.1, 0.15) is 5.75 Å². The van der Waals surface area contributed by atoms with Crippen LogP contribution >= 0.6 is 0 Å². The number of carbonyl (C=O) groups is 2. The van der Waals surface area contributed by atoms with Crippen molar-refractivity contribution in [2.24, 2.45) is 0 Å². The Morgan fingerprint density at radius 1 is 1.25 bits per heavy atom. The van der Waals surface area contributed by atoms with Gasteiger partial charge in [-0.05, 0) is 18.6 Å². The van der Waals surface area contributed by atoms with Gasteiger partial charge in [0.2, 0.25) is 5.91 Å². The van der Waals surface area contributed by atoms with E-state index in [-0.39, 0.29) is 12.5 Å². The fourth-order valence-electron chi connectivity index (χ4n) is 1.47. The van der Waals surface area contributed by atoms with Crippen LogP contribution < -0.4 is 10.1 Å². The fourth-order valence-corrected chi connectivity index (χ4v) is 1.47. The average molecular weight is 281 g/mol. The first kappa shape index (κ1) is 16.0. The molecule has 0 unspecified atom stereocenters. The molecule has 6 heteroatoms. The number of ether oxygens (including phenoxy) is 3. The van der Waals surface area contributed by atoms with Crippen LogP contribution in [-0.4, -0.2) is 39.3 Å². The third-order valence-corrected chi connectivity index (χ3v) is 2.45. The maximum atomic E-state index is 11.6. The first-order chi connectivity index (χ1) is 9.65. The number of rotatable bonds is 8. The zero-order valence-electron chi connectivity index (χ0n) is 11.7. The minimum absolute atomic E-state index is 0.0906. The van der Waals surface area contributed by atoms with E-state index in [4.69, 9.17) is 9.47 Å². The van der Waals surface area contributed by atoms with Gasteiger partial charge in [-0.15, -0.1) is 0 Å². The standard InChI is InChI=1S/C14H19NO5/c1-18-8-4-7-13(16)15-11-5-3-6-12(9-11)20-10-14(17)19-2/h3,5-6,9H,4,7-8,10H2,1-2H3,(H,15,16). The van der Waals surface area contributed by atoms with Crippen LogP contribution in [0.4, 0.5) is 5.69 Å². The molecule has 1 amide bonds. The largest absolute Gasteiger partial charge is 0.482 e. The molecule has 1 N–H and O–H groups in total. The predicted molar refractivity (Wildman–Crippen MR) is 73.7 cm³/mol. The maximum absolute atomic E-state index is 11.6. The summed E-state index contributed by atoms with van der Waals surface area (Å²) in [6.07, 6.45) is 1.06. The lowest BCUT2D eigenvalue weighted by molar-refractivity contribution is -0.142. The average Bonchev–Trinajstić information content (AvgIpc) is 2.45. The molecule has 0 heterocycles. The van der Waals surface area contributed by atoms with Gasteiger partial charge >= 0.3 is 5.97 Å². The summed E-state index contributed by atoms with van der Waals surface area (Å²) in [4.78, 5) is 22.6. The molecule has 0 bridgehead atoms. The second kappa shape index (κ2) is 8.92. The molecule has 0 saturated heterocycles. The highest BCUT2D eigenvalue weighted by atomic mass is 16.6. The Kier molecular flexibility index (Phi) is 7.13. The van der Waals surface area contributed by atoms with Gasteiger partial charge in [0.25, 0.3) is 0 Å². The van der Waals surface area contributed by atoms with Gasteiger partial charge in [0, 0.05) is 31.9 Å². The van der Waals surface area contributed by atoms with Crippen molar-refractivity contribution in [1.82, 2.24) is 0 Å². The number of benzene rings is 1. The smallest absolute Gasteiger partial charge is 0.343 e. The third-order valence-electron chi connectivity index (χ3n) is 2.45. The van der Waals surface area contributed by atoms with Gasteiger partial charge in [-0.1, -0.05) is 6.07 Å². The van der Waals surface area contributed by atoms with Crippen LogP contribution in [0.1, 0.15) is 12.8 Å². The van der Waals surface area contributed by atoms with Crippen molar-refractivity contribution in [2.45, 2.75) is 12.8 Å². The van der Waals surface area contributed by atoms with Gasteiger partial charge in [0.05, 0.1) is 7.11 Å². The topological polar surface area (TPSA) is 73.9 Å². The fraction of sp³-hybridized carbons (Fsp3) is 0.429. The summed E-state index contributed by atoms with van der Waals surface area (Å²) in [7, 11) is 2.89. The van der Waals surface area contributed by atoms with E-state index in [0.717, 1.165) is 0 Å². The van der Waals surface area contributed by atoms with E-state index in [0.29, 0.717) is 30.9 Å². The van der Waals surface area contributed by atoms with Crippen molar-refractivity contribution in [2.75, 3.05) is 32.8 Å². The molecule has 1 rings (SSSR count). The summed E-state index contributed by atoms with van der Waals surface area (Å²) in [5.74, 6) is -0.0590. The number of esters is 1. The van der Waals surface area contributed by atoms with Crippen molar-refractivity contribution in [1.29, 1.82) is 0 Å². The van der Waals surface area contributed by atoms with Crippen LogP contribution in [0.15, 0.2) is 24.3 Å². The maximum Gasteiger partial charge on any atom is 0.343 e. The van der Waals surface area contributed by atoms with Crippen LogP contribution in [0.3, 0.4) is 0 Å². The minimum atomic E-state index is -0.459. The monoisotopic (exact) mass is 281 g/mol. The van der Waals surface area contributed by atoms with E-state index < -0.39 is 5.97 Å². The first-order valence-corrected chi connectivity index (χ1v) is 6.24. The van der Waals surface area contributed by atoms with Crippen molar-refractivity contribution in [3.05, 3.63) is 24.3 Å². The molecule has 0 atom stereocenters. The number of nitrogens with one attached hydrogen (secondary N) is 1. The molecule has 0 aliphatic heterocycles. The van der Waals surface area contributed by atoms with Crippen LogP contribution in [0.2, 0.25) is 0 Å². The SMILES string of the molecule is COCCCC(=O)Nc1cccc(OCC(=O)OC)c1. The second-order valence-electron chi connectivity index (χ2n) is 4.04. The second-order valence-corrected chi connectivity index (χ2v) is 4.04. The van der Waals surface area contributed by atoms with Gasteiger partial charge < -0.3 is 19.5 Å². The molecule has 0 aliphatic rings. The van der Waals surface area contributed by atoms with Crippen LogP contribution in [0.5, 0.6) is 5.75 Å². The van der Waals surface area contributed by atoms with Crippen LogP contribution in [-0.2, 0) is 19.1 Å². The summed E-state index contributed by atoms with van der Waals surface area (Å²) in [6, 6.07) is 6.83. The quantitative estimate of drug-likeness (QED) is 0.579. The van der Waals surface area contributed by atoms with E-state index in [1.807, 2.05) is 0 Å². The minimum Gasteiger partial charge on any atom is -0.482 e. The Morgan fingerprint density at radius 2 is 2.05 bits per heavy atom. The van der Waals surface area contributed by atoms with Gasteiger partial charge in [0.15, 0.2) is 6.61 Å². The molecule has 0 spiro atoms. The molecule has 0 fully saturated rings. The summed E-state index contributed by atoms with van der Waals surface area (Å²) in [6.45, 7) is 0.386. The lowest BCUT2D eigenvalue weighted by Crippen LogP contribution is -2.14. The molecule has 110 valence electrons. The third kappa shape index (κ3) is 6.19. The summed E-state index contributed by atoms with van der Waals surface area (Å²) in [5.41, 5.74) is 0.620.